The van der Waals surface area contributed by atoms with Crippen LogP contribution in [0, 0.1) is 0 Å². The van der Waals surface area contributed by atoms with E-state index < -0.39 is 0 Å². The second-order valence-corrected chi connectivity index (χ2v) is 4.99. The number of morpholine rings is 2. The summed E-state index contributed by atoms with van der Waals surface area (Å²) in [6.07, 6.45) is 3.81. The minimum atomic E-state index is -0.00741. The van der Waals surface area contributed by atoms with Gasteiger partial charge in [-0.25, -0.2) is 0 Å². The molecule has 0 aromatic rings. The molecule has 5 nitrogen and oxygen atoms in total. The largest absolute Gasteiger partial charge is 0.379 e. The highest BCUT2D eigenvalue weighted by molar-refractivity contribution is 5.98. The molecule has 2 atom stereocenters. The van der Waals surface area contributed by atoms with Crippen LogP contribution in [0.15, 0.2) is 12.2 Å². The Morgan fingerprint density at radius 3 is 2.11 bits per heavy atom. The zero-order chi connectivity index (χ0) is 12.4. The Morgan fingerprint density at radius 1 is 0.944 bits per heavy atom. The summed E-state index contributed by atoms with van der Waals surface area (Å²) in [5.41, 5.74) is 0. The van der Waals surface area contributed by atoms with Gasteiger partial charge in [-0.05, 0) is 6.08 Å². The van der Waals surface area contributed by atoms with Crippen LogP contribution in [0.25, 0.3) is 0 Å². The van der Waals surface area contributed by atoms with E-state index in [1.807, 2.05) is 0 Å². The molecule has 0 radical (unpaired) electrons. The van der Waals surface area contributed by atoms with Crippen molar-refractivity contribution in [3.8, 4) is 0 Å². The maximum atomic E-state index is 12.1. The first kappa shape index (κ1) is 12.3. The first-order valence-corrected chi connectivity index (χ1v) is 6.72. The van der Waals surface area contributed by atoms with E-state index >= 15 is 0 Å². The Morgan fingerprint density at radius 2 is 1.50 bits per heavy atom. The lowest BCUT2D eigenvalue weighted by atomic mass is 10.1. The topological polar surface area (TPSA) is 42.0 Å². The molecule has 2 heterocycles. The van der Waals surface area contributed by atoms with Gasteiger partial charge in [-0.3, -0.25) is 14.6 Å². The highest BCUT2D eigenvalue weighted by Gasteiger charge is 2.39. The van der Waals surface area contributed by atoms with Gasteiger partial charge in [0.05, 0.1) is 38.5 Å². The van der Waals surface area contributed by atoms with Gasteiger partial charge in [-0.15, -0.1) is 0 Å². The summed E-state index contributed by atoms with van der Waals surface area (Å²) < 4.78 is 10.8. The molecule has 2 fully saturated rings. The average Bonchev–Trinajstić information content (AvgIpc) is 2.83. The molecule has 0 bridgehead atoms. The van der Waals surface area contributed by atoms with Gasteiger partial charge in [0, 0.05) is 26.2 Å². The highest BCUT2D eigenvalue weighted by Crippen LogP contribution is 2.22. The lowest BCUT2D eigenvalue weighted by Crippen LogP contribution is -2.56. The quantitative estimate of drug-likeness (QED) is 0.664. The lowest BCUT2D eigenvalue weighted by molar-refractivity contribution is -0.123. The molecular formula is C13H20N2O3. The minimum absolute atomic E-state index is 0.00741. The maximum absolute atomic E-state index is 12.1. The van der Waals surface area contributed by atoms with Crippen LogP contribution in [-0.4, -0.2) is 80.3 Å². The van der Waals surface area contributed by atoms with Gasteiger partial charge in [0.25, 0.3) is 0 Å². The van der Waals surface area contributed by atoms with Gasteiger partial charge < -0.3 is 9.47 Å². The average molecular weight is 252 g/mol. The van der Waals surface area contributed by atoms with Crippen LogP contribution in [0.3, 0.4) is 0 Å². The van der Waals surface area contributed by atoms with Gasteiger partial charge in [-0.1, -0.05) is 6.08 Å². The summed E-state index contributed by atoms with van der Waals surface area (Å²) in [5, 5.41) is 0. The summed E-state index contributed by atoms with van der Waals surface area (Å²) in [6.45, 7) is 6.58. The first-order valence-electron chi connectivity index (χ1n) is 6.72. The molecule has 0 unspecified atom stereocenters. The second-order valence-electron chi connectivity index (χ2n) is 4.99. The van der Waals surface area contributed by atoms with Crippen LogP contribution in [0.5, 0.6) is 0 Å². The summed E-state index contributed by atoms with van der Waals surface area (Å²) >= 11 is 0. The van der Waals surface area contributed by atoms with Gasteiger partial charge in [0.15, 0.2) is 5.78 Å². The minimum Gasteiger partial charge on any atom is -0.379 e. The molecule has 0 aromatic heterocycles. The molecule has 3 aliphatic rings. The van der Waals surface area contributed by atoms with Crippen molar-refractivity contribution in [1.29, 1.82) is 0 Å². The molecule has 2 aliphatic heterocycles. The summed E-state index contributed by atoms with van der Waals surface area (Å²) in [7, 11) is 0. The van der Waals surface area contributed by atoms with Crippen molar-refractivity contribution in [1.82, 2.24) is 9.80 Å². The van der Waals surface area contributed by atoms with Crippen LogP contribution in [0.4, 0.5) is 0 Å². The molecule has 18 heavy (non-hydrogen) atoms. The molecule has 2 saturated heterocycles. The zero-order valence-corrected chi connectivity index (χ0v) is 10.6. The molecule has 0 amide bonds. The molecular weight excluding hydrogens is 232 g/mol. The third-order valence-corrected chi connectivity index (χ3v) is 3.98. The molecule has 5 heteroatoms. The summed E-state index contributed by atoms with van der Waals surface area (Å²) in [4.78, 5) is 16.7. The second kappa shape index (κ2) is 5.48. The van der Waals surface area contributed by atoms with Gasteiger partial charge in [0.1, 0.15) is 0 Å². The van der Waals surface area contributed by atoms with Crippen molar-refractivity contribution in [2.75, 3.05) is 52.6 Å². The fourth-order valence-corrected chi connectivity index (χ4v) is 3.01. The molecule has 0 aromatic carbocycles. The van der Waals surface area contributed by atoms with Crippen LogP contribution < -0.4 is 0 Å². The summed E-state index contributed by atoms with van der Waals surface area (Å²) in [6, 6.07) is 0.214. The fraction of sp³-hybridized carbons (Fsp3) is 0.769. The van der Waals surface area contributed by atoms with Gasteiger partial charge in [-0.2, -0.15) is 0 Å². The molecule has 100 valence electrons. The standard InChI is InChI=1S/C13H20N2O3/c16-12-2-1-11(14-3-7-17-8-4-14)13(12)15-5-9-18-10-6-15/h1-2,11,13H,3-10H2/t11-,13+/m1/s1. The van der Waals surface area contributed by atoms with Crippen molar-refractivity contribution >= 4 is 5.78 Å². The lowest BCUT2D eigenvalue weighted by Gasteiger charge is -2.40. The first-order chi connectivity index (χ1) is 8.86. The number of hydrogen-bond acceptors (Lipinski definition) is 5. The zero-order valence-electron chi connectivity index (χ0n) is 10.6. The SMILES string of the molecule is O=C1C=C[C@@H](N2CCOCC2)[C@@H]1N1CCOCC1. The number of hydrogen-bond donors (Lipinski definition) is 0. The van der Waals surface area contributed by atoms with Gasteiger partial charge in [0.2, 0.25) is 0 Å². The van der Waals surface area contributed by atoms with Crippen molar-refractivity contribution in [3.05, 3.63) is 12.2 Å². The van der Waals surface area contributed by atoms with E-state index in [1.54, 1.807) is 6.08 Å². The maximum Gasteiger partial charge on any atom is 0.174 e. The van der Waals surface area contributed by atoms with E-state index in [4.69, 9.17) is 9.47 Å². The van der Waals surface area contributed by atoms with Crippen LogP contribution in [-0.2, 0) is 14.3 Å². The molecule has 1 aliphatic carbocycles. The Kier molecular flexibility index (Phi) is 3.75. The number of carbonyl (C=O) groups excluding carboxylic acids is 1. The van der Waals surface area contributed by atoms with Crippen LogP contribution in [0.2, 0.25) is 0 Å². The van der Waals surface area contributed by atoms with E-state index in [0.29, 0.717) is 0 Å². The molecule has 0 N–H and O–H groups in total. The fourth-order valence-electron chi connectivity index (χ4n) is 3.01. The molecule has 3 rings (SSSR count). The molecule has 0 spiro atoms. The van der Waals surface area contributed by atoms with Crippen LogP contribution >= 0.6 is 0 Å². The number of rotatable bonds is 2. The van der Waals surface area contributed by atoms with E-state index in [2.05, 4.69) is 15.9 Å². The number of nitrogens with zero attached hydrogens (tertiary/aromatic N) is 2. The third-order valence-electron chi connectivity index (χ3n) is 3.98. The van der Waals surface area contributed by atoms with E-state index in [-0.39, 0.29) is 17.9 Å². The van der Waals surface area contributed by atoms with E-state index in [1.165, 1.54) is 0 Å². The smallest absolute Gasteiger partial charge is 0.174 e. The Labute approximate surface area is 107 Å². The number of ether oxygens (including phenoxy) is 2. The Bertz CT molecular complexity index is 333. The predicted octanol–water partition coefficient (Wildman–Crippen LogP) is -0.473. The molecule has 0 saturated carbocycles. The number of carbonyl (C=O) groups is 1. The Balaban J connectivity index is 1.71. The van der Waals surface area contributed by atoms with Crippen molar-refractivity contribution in [3.63, 3.8) is 0 Å². The van der Waals surface area contributed by atoms with Crippen LogP contribution in [0.1, 0.15) is 0 Å². The number of ketones is 1. The van der Waals surface area contributed by atoms with Crippen molar-refractivity contribution < 1.29 is 14.3 Å². The highest BCUT2D eigenvalue weighted by atomic mass is 16.5. The van der Waals surface area contributed by atoms with E-state index in [0.717, 1.165) is 52.6 Å². The predicted molar refractivity (Wildman–Crippen MR) is 66.5 cm³/mol. The van der Waals surface area contributed by atoms with Crippen molar-refractivity contribution in [2.45, 2.75) is 12.1 Å². The normalized spacial score (nSPS) is 35.2. The Hall–Kier alpha value is -0.750. The van der Waals surface area contributed by atoms with Gasteiger partial charge >= 0.3 is 0 Å². The van der Waals surface area contributed by atoms with E-state index in [9.17, 15) is 4.79 Å². The third kappa shape index (κ3) is 2.36. The summed E-state index contributed by atoms with van der Waals surface area (Å²) in [5.74, 6) is 0.244. The monoisotopic (exact) mass is 252 g/mol. The van der Waals surface area contributed by atoms with Crippen molar-refractivity contribution in [2.24, 2.45) is 0 Å².